The van der Waals surface area contributed by atoms with E-state index >= 15 is 0 Å². The maximum atomic E-state index is 11.5. The van der Waals surface area contributed by atoms with Gasteiger partial charge in [-0.2, -0.15) is 0 Å². The van der Waals surface area contributed by atoms with Crippen LogP contribution in [0.2, 0.25) is 5.02 Å². The van der Waals surface area contributed by atoms with Crippen LogP contribution in [0, 0.1) is 0 Å². The van der Waals surface area contributed by atoms with Gasteiger partial charge in [-0.3, -0.25) is 0 Å². The molecule has 0 saturated heterocycles. The first-order chi connectivity index (χ1) is 8.06. The molecule has 5 nitrogen and oxygen atoms in total. The molecule has 86 valence electrons. The number of carboxylic acid groups (broad SMARTS) is 1. The largest absolute Gasteiger partial charge is 0.478 e. The first kappa shape index (κ1) is 11.3. The molecule has 0 radical (unpaired) electrons. The minimum absolute atomic E-state index is 0.0628. The van der Waals surface area contributed by atoms with Crippen LogP contribution in [-0.2, 0) is 4.79 Å². The van der Waals surface area contributed by atoms with E-state index in [2.05, 4.69) is 4.98 Å². The lowest BCUT2D eigenvalue weighted by Crippen LogP contribution is -2.03. The van der Waals surface area contributed by atoms with Crippen molar-refractivity contribution in [2.24, 2.45) is 0 Å². The van der Waals surface area contributed by atoms with E-state index in [1.807, 2.05) is 0 Å². The van der Waals surface area contributed by atoms with Crippen molar-refractivity contribution in [2.45, 2.75) is 0 Å². The van der Waals surface area contributed by atoms with Gasteiger partial charge in [-0.15, -0.1) is 0 Å². The number of rotatable bonds is 2. The Labute approximate surface area is 100.0 Å². The SMILES string of the molecule is O=C(O)/C=C/c1nc2ccc(Cl)cc2c(=O)o1. The maximum Gasteiger partial charge on any atom is 0.347 e. The first-order valence-electron chi connectivity index (χ1n) is 4.58. The number of aromatic nitrogens is 1. The van der Waals surface area contributed by atoms with Crippen LogP contribution in [0.4, 0.5) is 0 Å². The number of hydrogen-bond acceptors (Lipinski definition) is 4. The number of fused-ring (bicyclic) bond motifs is 1. The van der Waals surface area contributed by atoms with E-state index < -0.39 is 11.6 Å². The summed E-state index contributed by atoms with van der Waals surface area (Å²) in [5.41, 5.74) is -0.210. The van der Waals surface area contributed by atoms with E-state index in [1.165, 1.54) is 6.07 Å². The lowest BCUT2D eigenvalue weighted by molar-refractivity contribution is -0.131. The highest BCUT2D eigenvalue weighted by molar-refractivity contribution is 6.31. The number of aliphatic carboxylic acids is 1. The summed E-state index contributed by atoms with van der Waals surface area (Å²) in [7, 11) is 0. The molecule has 0 bridgehead atoms. The normalized spacial score (nSPS) is 11.1. The van der Waals surface area contributed by atoms with E-state index in [0.29, 0.717) is 10.5 Å². The van der Waals surface area contributed by atoms with Crippen LogP contribution >= 0.6 is 11.6 Å². The Balaban J connectivity index is 2.60. The van der Waals surface area contributed by atoms with Crippen LogP contribution in [-0.4, -0.2) is 16.1 Å². The lowest BCUT2D eigenvalue weighted by atomic mass is 10.2. The van der Waals surface area contributed by atoms with Crippen molar-refractivity contribution in [2.75, 3.05) is 0 Å². The molecule has 0 fully saturated rings. The fourth-order valence-corrected chi connectivity index (χ4v) is 1.45. The standard InChI is InChI=1S/C11H6ClNO4/c12-6-1-2-8-7(5-6)11(16)17-9(13-8)3-4-10(14)15/h1-5H,(H,14,15)/b4-3+. The third kappa shape index (κ3) is 2.51. The zero-order valence-corrected chi connectivity index (χ0v) is 9.14. The highest BCUT2D eigenvalue weighted by Crippen LogP contribution is 2.15. The Bertz CT molecular complexity index is 675. The van der Waals surface area contributed by atoms with Gasteiger partial charge < -0.3 is 9.52 Å². The summed E-state index contributed by atoms with van der Waals surface area (Å²) in [5.74, 6) is -1.21. The van der Waals surface area contributed by atoms with Gasteiger partial charge in [0.25, 0.3) is 0 Å². The van der Waals surface area contributed by atoms with E-state index in [0.717, 1.165) is 12.2 Å². The summed E-state index contributed by atoms with van der Waals surface area (Å²) in [5, 5.41) is 9.10. The minimum atomic E-state index is -1.15. The molecular formula is C11H6ClNO4. The molecule has 6 heteroatoms. The van der Waals surface area contributed by atoms with E-state index in [-0.39, 0.29) is 11.3 Å². The summed E-state index contributed by atoms with van der Waals surface area (Å²) in [6, 6.07) is 4.59. The summed E-state index contributed by atoms with van der Waals surface area (Å²) >= 11 is 5.73. The predicted molar refractivity (Wildman–Crippen MR) is 62.0 cm³/mol. The third-order valence-electron chi connectivity index (χ3n) is 1.97. The molecular weight excluding hydrogens is 246 g/mol. The van der Waals surface area contributed by atoms with E-state index in [1.54, 1.807) is 12.1 Å². The second-order valence-electron chi connectivity index (χ2n) is 3.17. The molecule has 0 aliphatic carbocycles. The van der Waals surface area contributed by atoms with Crippen LogP contribution in [0.5, 0.6) is 0 Å². The lowest BCUT2D eigenvalue weighted by Gasteiger charge is -1.97. The van der Waals surface area contributed by atoms with Gasteiger partial charge in [0.05, 0.1) is 10.9 Å². The molecule has 0 unspecified atom stereocenters. The van der Waals surface area contributed by atoms with Gasteiger partial charge in [0, 0.05) is 17.2 Å². The molecule has 0 spiro atoms. The Morgan fingerprint density at radius 2 is 2.24 bits per heavy atom. The van der Waals surface area contributed by atoms with Crippen LogP contribution in [0.3, 0.4) is 0 Å². The molecule has 17 heavy (non-hydrogen) atoms. The van der Waals surface area contributed by atoms with Crippen LogP contribution < -0.4 is 5.63 Å². The van der Waals surface area contributed by atoms with Crippen LogP contribution in [0.25, 0.3) is 17.0 Å². The van der Waals surface area contributed by atoms with Gasteiger partial charge in [0.15, 0.2) is 0 Å². The van der Waals surface area contributed by atoms with Crippen molar-refractivity contribution in [3.05, 3.63) is 45.6 Å². The third-order valence-corrected chi connectivity index (χ3v) is 2.21. The fraction of sp³-hybridized carbons (Fsp3) is 0. The van der Waals surface area contributed by atoms with Gasteiger partial charge in [-0.25, -0.2) is 14.6 Å². The Morgan fingerprint density at radius 3 is 2.94 bits per heavy atom. The average molecular weight is 252 g/mol. The number of halogens is 1. The predicted octanol–water partition coefficient (Wildman–Crippen LogP) is 1.94. The van der Waals surface area contributed by atoms with Gasteiger partial charge in [-0.1, -0.05) is 11.6 Å². The molecule has 1 N–H and O–H groups in total. The number of carbonyl (C=O) groups is 1. The molecule has 0 saturated carbocycles. The van der Waals surface area contributed by atoms with Crippen molar-refractivity contribution >= 4 is 34.5 Å². The van der Waals surface area contributed by atoms with Gasteiger partial charge in [0.2, 0.25) is 5.89 Å². The summed E-state index contributed by atoms with van der Waals surface area (Å²) in [6.07, 6.45) is 1.95. The van der Waals surface area contributed by atoms with Crippen LogP contribution in [0.1, 0.15) is 5.89 Å². The summed E-state index contributed by atoms with van der Waals surface area (Å²) in [4.78, 5) is 25.8. The van der Waals surface area contributed by atoms with Crippen LogP contribution in [0.15, 0.2) is 33.5 Å². The summed E-state index contributed by atoms with van der Waals surface area (Å²) < 4.78 is 4.82. The molecule has 0 aliphatic rings. The van der Waals surface area contributed by atoms with Crippen molar-refractivity contribution in [3.63, 3.8) is 0 Å². The average Bonchev–Trinajstić information content (AvgIpc) is 2.27. The van der Waals surface area contributed by atoms with Gasteiger partial charge in [0.1, 0.15) is 0 Å². The van der Waals surface area contributed by atoms with Gasteiger partial charge >= 0.3 is 11.6 Å². The zero-order valence-electron chi connectivity index (χ0n) is 8.38. The summed E-state index contributed by atoms with van der Waals surface area (Å²) in [6.45, 7) is 0. The molecule has 2 aromatic rings. The Morgan fingerprint density at radius 1 is 1.47 bits per heavy atom. The number of benzene rings is 1. The molecule has 1 aromatic carbocycles. The number of carboxylic acids is 1. The van der Waals surface area contributed by atoms with Crippen molar-refractivity contribution in [1.82, 2.24) is 4.98 Å². The number of nitrogens with zero attached hydrogens (tertiary/aromatic N) is 1. The Hall–Kier alpha value is -2.14. The Kier molecular flexibility index (Phi) is 2.93. The topological polar surface area (TPSA) is 80.4 Å². The zero-order chi connectivity index (χ0) is 12.4. The molecule has 1 aromatic heterocycles. The molecule has 0 aliphatic heterocycles. The fourth-order valence-electron chi connectivity index (χ4n) is 1.27. The van der Waals surface area contributed by atoms with Gasteiger partial charge in [-0.05, 0) is 18.2 Å². The highest BCUT2D eigenvalue weighted by Gasteiger charge is 2.05. The molecule has 0 amide bonds. The van der Waals surface area contributed by atoms with E-state index in [9.17, 15) is 9.59 Å². The smallest absolute Gasteiger partial charge is 0.347 e. The quantitative estimate of drug-likeness (QED) is 0.825. The monoisotopic (exact) mass is 251 g/mol. The van der Waals surface area contributed by atoms with Crippen molar-refractivity contribution < 1.29 is 14.3 Å². The number of hydrogen-bond donors (Lipinski definition) is 1. The highest BCUT2D eigenvalue weighted by atomic mass is 35.5. The molecule has 0 atom stereocenters. The second kappa shape index (κ2) is 4.39. The van der Waals surface area contributed by atoms with Crippen molar-refractivity contribution in [3.8, 4) is 0 Å². The second-order valence-corrected chi connectivity index (χ2v) is 3.61. The maximum absolute atomic E-state index is 11.5. The minimum Gasteiger partial charge on any atom is -0.478 e. The van der Waals surface area contributed by atoms with E-state index in [4.69, 9.17) is 21.1 Å². The molecule has 2 rings (SSSR count). The first-order valence-corrected chi connectivity index (χ1v) is 4.95. The van der Waals surface area contributed by atoms with Crippen molar-refractivity contribution in [1.29, 1.82) is 0 Å². The molecule has 1 heterocycles.